The molecule has 152 valence electrons. The summed E-state index contributed by atoms with van der Waals surface area (Å²) < 4.78 is 5.19. The number of aliphatic hydroxyl groups is 1. The third-order valence-corrected chi connectivity index (χ3v) is 5.49. The zero-order chi connectivity index (χ0) is 20.4. The van der Waals surface area contributed by atoms with E-state index >= 15 is 0 Å². The molecule has 2 aliphatic rings. The molecule has 0 aliphatic carbocycles. The lowest BCUT2D eigenvalue weighted by molar-refractivity contribution is -0.118. The molecule has 0 saturated heterocycles. The van der Waals surface area contributed by atoms with E-state index in [0.29, 0.717) is 17.1 Å². The number of hydrogen-bond donors (Lipinski definition) is 3. The van der Waals surface area contributed by atoms with Gasteiger partial charge in [0, 0.05) is 31.9 Å². The number of ether oxygens (including phenoxy) is 1. The van der Waals surface area contributed by atoms with Crippen LogP contribution in [0.5, 0.6) is 5.88 Å². The normalized spacial score (nSPS) is 17.9. The van der Waals surface area contributed by atoms with Gasteiger partial charge in [-0.2, -0.15) is 0 Å². The van der Waals surface area contributed by atoms with Gasteiger partial charge in [-0.15, -0.1) is 0 Å². The zero-order valence-electron chi connectivity index (χ0n) is 16.2. The Balaban J connectivity index is 1.33. The monoisotopic (exact) mass is 396 g/mol. The van der Waals surface area contributed by atoms with Gasteiger partial charge in [0.1, 0.15) is 5.69 Å². The Labute approximate surface area is 168 Å². The minimum absolute atomic E-state index is 0.0867. The molecule has 0 radical (unpaired) electrons. The van der Waals surface area contributed by atoms with Gasteiger partial charge in [-0.25, -0.2) is 4.98 Å². The number of carbonyl (C=O) groups is 2. The third kappa shape index (κ3) is 4.23. The molecule has 2 atom stereocenters. The van der Waals surface area contributed by atoms with Crippen LogP contribution in [0.1, 0.15) is 28.4 Å². The second kappa shape index (κ2) is 8.18. The maximum absolute atomic E-state index is 12.4. The first-order valence-electron chi connectivity index (χ1n) is 9.71. The topological polar surface area (TPSA) is 104 Å². The number of amides is 2. The quantitative estimate of drug-likeness (QED) is 0.695. The Morgan fingerprint density at radius 3 is 3.00 bits per heavy atom. The number of nitrogens with zero attached hydrogens (tertiary/aromatic N) is 2. The molecule has 3 heterocycles. The van der Waals surface area contributed by atoms with E-state index in [2.05, 4.69) is 38.7 Å². The van der Waals surface area contributed by atoms with Crippen LogP contribution in [0.25, 0.3) is 0 Å². The second-order valence-electron chi connectivity index (χ2n) is 7.42. The van der Waals surface area contributed by atoms with Crippen molar-refractivity contribution in [1.82, 2.24) is 15.2 Å². The highest BCUT2D eigenvalue weighted by molar-refractivity contribution is 5.99. The number of anilines is 1. The molecule has 3 N–H and O–H groups in total. The molecule has 0 saturated carbocycles. The predicted octanol–water partition coefficient (Wildman–Crippen LogP) is 0.950. The lowest BCUT2D eigenvalue weighted by Crippen LogP contribution is -2.48. The Morgan fingerprint density at radius 1 is 1.38 bits per heavy atom. The molecule has 0 bridgehead atoms. The summed E-state index contributed by atoms with van der Waals surface area (Å²) in [6.07, 6.45) is 1.63. The molecule has 2 aromatic rings. The molecule has 1 aromatic heterocycles. The molecule has 2 amide bonds. The molecular formula is C21H24N4O4. The largest absolute Gasteiger partial charge is 0.466 e. The van der Waals surface area contributed by atoms with Crippen molar-refractivity contribution in [3.8, 4) is 5.88 Å². The van der Waals surface area contributed by atoms with Gasteiger partial charge < -0.3 is 20.5 Å². The van der Waals surface area contributed by atoms with E-state index in [-0.39, 0.29) is 31.0 Å². The van der Waals surface area contributed by atoms with E-state index in [1.165, 1.54) is 23.4 Å². The number of aliphatic hydroxyl groups excluding tert-OH is 1. The van der Waals surface area contributed by atoms with Crippen LogP contribution < -0.4 is 15.4 Å². The van der Waals surface area contributed by atoms with Crippen LogP contribution >= 0.6 is 0 Å². The fraction of sp³-hybridized carbons (Fsp3) is 0.381. The number of carbonyl (C=O) groups excluding carboxylic acids is 2. The summed E-state index contributed by atoms with van der Waals surface area (Å²) in [4.78, 5) is 30.2. The van der Waals surface area contributed by atoms with E-state index in [9.17, 15) is 14.7 Å². The third-order valence-electron chi connectivity index (χ3n) is 5.49. The summed E-state index contributed by atoms with van der Waals surface area (Å²) in [6.45, 7) is 3.67. The number of rotatable bonds is 5. The summed E-state index contributed by atoms with van der Waals surface area (Å²) in [5.41, 5.74) is 3.30. The van der Waals surface area contributed by atoms with Crippen molar-refractivity contribution in [3.63, 3.8) is 0 Å². The summed E-state index contributed by atoms with van der Waals surface area (Å²) in [5, 5.41) is 16.0. The van der Waals surface area contributed by atoms with Gasteiger partial charge in [0.15, 0.2) is 6.61 Å². The van der Waals surface area contributed by atoms with Crippen LogP contribution in [0.3, 0.4) is 0 Å². The van der Waals surface area contributed by atoms with Crippen LogP contribution in [0.15, 0.2) is 36.5 Å². The van der Waals surface area contributed by atoms with E-state index in [1.807, 2.05) is 13.0 Å². The Hall–Kier alpha value is -2.97. The van der Waals surface area contributed by atoms with E-state index in [4.69, 9.17) is 4.74 Å². The maximum Gasteiger partial charge on any atom is 0.262 e. The van der Waals surface area contributed by atoms with Crippen LogP contribution in [-0.2, 0) is 17.8 Å². The summed E-state index contributed by atoms with van der Waals surface area (Å²) in [5.74, 6) is -0.361. The van der Waals surface area contributed by atoms with Crippen LogP contribution in [0.4, 0.5) is 5.69 Å². The van der Waals surface area contributed by atoms with E-state index in [0.717, 1.165) is 19.5 Å². The fourth-order valence-electron chi connectivity index (χ4n) is 3.68. The zero-order valence-corrected chi connectivity index (χ0v) is 16.2. The van der Waals surface area contributed by atoms with Crippen molar-refractivity contribution >= 4 is 17.5 Å². The van der Waals surface area contributed by atoms with Crippen LogP contribution in [0.2, 0.25) is 0 Å². The predicted molar refractivity (Wildman–Crippen MR) is 107 cm³/mol. The Bertz CT molecular complexity index is 933. The van der Waals surface area contributed by atoms with E-state index in [1.54, 1.807) is 0 Å². The second-order valence-corrected chi connectivity index (χ2v) is 7.42. The molecule has 2 aliphatic heterocycles. The smallest absolute Gasteiger partial charge is 0.262 e. The van der Waals surface area contributed by atoms with Crippen LogP contribution in [0, 0.1) is 0 Å². The fourth-order valence-corrected chi connectivity index (χ4v) is 3.68. The lowest BCUT2D eigenvalue weighted by atomic mass is 9.98. The highest BCUT2D eigenvalue weighted by Gasteiger charge is 2.26. The van der Waals surface area contributed by atoms with Gasteiger partial charge >= 0.3 is 0 Å². The summed E-state index contributed by atoms with van der Waals surface area (Å²) in [7, 11) is 0. The SMILES string of the molecule is C[C@H]([C@H](O)CNC(=O)c1cnc2c(c1)NC(=O)CO2)N1CCc2ccccc2C1. The molecule has 0 fully saturated rings. The number of fused-ring (bicyclic) bond motifs is 2. The van der Waals surface area contributed by atoms with Crippen molar-refractivity contribution < 1.29 is 19.4 Å². The number of nitrogens with one attached hydrogen (secondary N) is 2. The average Bonchev–Trinajstić information content (AvgIpc) is 2.75. The molecule has 1 aromatic carbocycles. The molecule has 0 unspecified atom stereocenters. The van der Waals surface area contributed by atoms with Crippen molar-refractivity contribution in [2.24, 2.45) is 0 Å². The molecule has 8 heteroatoms. The van der Waals surface area contributed by atoms with Crippen molar-refractivity contribution in [3.05, 3.63) is 53.2 Å². The molecular weight excluding hydrogens is 372 g/mol. The van der Waals surface area contributed by atoms with Gasteiger partial charge in [0.25, 0.3) is 11.8 Å². The first-order valence-corrected chi connectivity index (χ1v) is 9.71. The number of benzene rings is 1. The van der Waals surface area contributed by atoms with Gasteiger partial charge in [0.05, 0.1) is 11.7 Å². The highest BCUT2D eigenvalue weighted by Crippen LogP contribution is 2.25. The molecule has 4 rings (SSSR count). The summed E-state index contributed by atoms with van der Waals surface area (Å²) >= 11 is 0. The highest BCUT2D eigenvalue weighted by atomic mass is 16.5. The first-order chi connectivity index (χ1) is 14.0. The van der Waals surface area contributed by atoms with Crippen molar-refractivity contribution in [2.45, 2.75) is 32.0 Å². The number of aromatic nitrogens is 1. The lowest BCUT2D eigenvalue weighted by Gasteiger charge is -2.36. The van der Waals surface area contributed by atoms with Crippen LogP contribution in [-0.4, -0.2) is 58.6 Å². The van der Waals surface area contributed by atoms with Gasteiger partial charge in [-0.05, 0) is 30.5 Å². The van der Waals surface area contributed by atoms with E-state index < -0.39 is 6.10 Å². The van der Waals surface area contributed by atoms with Crippen molar-refractivity contribution in [2.75, 3.05) is 25.0 Å². The summed E-state index contributed by atoms with van der Waals surface area (Å²) in [6, 6.07) is 9.77. The minimum atomic E-state index is -0.710. The first kappa shape index (κ1) is 19.4. The molecule has 8 nitrogen and oxygen atoms in total. The Kier molecular flexibility index (Phi) is 5.46. The molecule has 0 spiro atoms. The number of pyridine rings is 1. The Morgan fingerprint density at radius 2 is 2.17 bits per heavy atom. The van der Waals surface area contributed by atoms with Gasteiger partial charge in [-0.1, -0.05) is 24.3 Å². The van der Waals surface area contributed by atoms with Gasteiger partial charge in [-0.3, -0.25) is 14.5 Å². The average molecular weight is 396 g/mol. The maximum atomic E-state index is 12.4. The van der Waals surface area contributed by atoms with Crippen molar-refractivity contribution in [1.29, 1.82) is 0 Å². The molecule has 29 heavy (non-hydrogen) atoms. The number of hydrogen-bond acceptors (Lipinski definition) is 6. The standard InChI is InChI=1S/C21H24N4O4/c1-13(25-7-6-14-4-2-3-5-15(14)11-25)18(26)10-22-20(28)16-8-17-21(23-9-16)29-12-19(27)24-17/h2-5,8-9,13,18,26H,6-7,10-12H2,1H3,(H,22,28)(H,24,27)/t13-,18-/m1/s1. The minimum Gasteiger partial charge on any atom is -0.466 e. The van der Waals surface area contributed by atoms with Gasteiger partial charge in [0.2, 0.25) is 5.88 Å².